The van der Waals surface area contributed by atoms with E-state index in [4.69, 9.17) is 24.2 Å². The number of aliphatic imine (C=N–C) groups is 2. The minimum atomic E-state index is -0.806. The van der Waals surface area contributed by atoms with Gasteiger partial charge in [-0.2, -0.15) is 0 Å². The second kappa shape index (κ2) is 18.7. The van der Waals surface area contributed by atoms with E-state index in [0.29, 0.717) is 19.8 Å². The number of unbranched alkanes of at least 4 members (excludes halogenated alkanes) is 3. The number of rotatable bonds is 16. The number of H-pyrrole nitrogens is 1. The standard InChI is InChI=1S/C54H54N4O3S/c1-4-7-32-59-42-20-12-37(13-21-42)52-45-26-18-40(55-45)36-41-19-27-47(56-41)53(49-11-10-35-62-49)48-29-31-51(58-48)54(50-30-28-46(52)57-50,38-14-22-43(23-15-38)60-33-8-5-2)39-16-24-44(25-17-39)61-34-9-6-3/h10-31,35-36,50,56-57H,4-9,32-34H2,1-3H3. The van der Waals surface area contributed by atoms with E-state index in [1.807, 2.05) is 0 Å². The second-order valence-electron chi connectivity index (χ2n) is 16.1. The van der Waals surface area contributed by atoms with E-state index in [0.717, 1.165) is 128 Å². The molecule has 0 spiro atoms. The Morgan fingerprint density at radius 1 is 0.629 bits per heavy atom. The van der Waals surface area contributed by atoms with E-state index in [2.05, 4.69) is 176 Å². The van der Waals surface area contributed by atoms with Crippen LogP contribution in [-0.4, -0.2) is 42.3 Å². The molecule has 0 aliphatic carbocycles. The fraction of sp³-hybridized carbons (Fsp3) is 0.259. The lowest BCUT2D eigenvalue weighted by Crippen LogP contribution is -2.51. The van der Waals surface area contributed by atoms with E-state index in [1.54, 1.807) is 11.3 Å². The van der Waals surface area contributed by atoms with Gasteiger partial charge in [-0.1, -0.05) is 88.6 Å². The minimum absolute atomic E-state index is 0.262. The molecule has 0 fully saturated rings. The lowest BCUT2D eigenvalue weighted by molar-refractivity contribution is 0.309. The number of allylic oxidation sites excluding steroid dienone is 6. The third kappa shape index (κ3) is 8.32. The first-order valence-electron chi connectivity index (χ1n) is 22.2. The van der Waals surface area contributed by atoms with Crippen LogP contribution >= 0.6 is 11.3 Å². The van der Waals surface area contributed by atoms with Gasteiger partial charge in [0.2, 0.25) is 0 Å². The Balaban J connectivity index is 1.27. The van der Waals surface area contributed by atoms with Gasteiger partial charge >= 0.3 is 0 Å². The molecule has 4 aliphatic rings. The van der Waals surface area contributed by atoms with Gasteiger partial charge in [0.1, 0.15) is 17.2 Å². The topological polar surface area (TPSA) is 80.2 Å². The van der Waals surface area contributed by atoms with Crippen LogP contribution in [0, 0.1) is 0 Å². The lowest BCUT2D eigenvalue weighted by Gasteiger charge is -2.40. The molecular weight excluding hydrogens is 785 g/mol. The maximum atomic E-state index is 6.23. The molecule has 1 atom stereocenters. The van der Waals surface area contributed by atoms with Crippen molar-refractivity contribution in [1.29, 1.82) is 0 Å². The van der Waals surface area contributed by atoms with E-state index in [9.17, 15) is 0 Å². The molecule has 4 aliphatic heterocycles. The summed E-state index contributed by atoms with van der Waals surface area (Å²) >= 11 is 1.72. The average molecular weight is 839 g/mol. The summed E-state index contributed by atoms with van der Waals surface area (Å²) in [4.78, 5) is 15.8. The highest BCUT2D eigenvalue weighted by Gasteiger charge is 2.48. The van der Waals surface area contributed by atoms with Crippen LogP contribution in [0.25, 0.3) is 17.2 Å². The van der Waals surface area contributed by atoms with Crippen LogP contribution in [0.15, 0.2) is 166 Å². The van der Waals surface area contributed by atoms with Crippen LogP contribution in [0.1, 0.15) is 92.3 Å². The zero-order chi connectivity index (χ0) is 42.3. The molecule has 9 rings (SSSR count). The first-order valence-corrected chi connectivity index (χ1v) is 23.1. The van der Waals surface area contributed by atoms with Crippen LogP contribution in [0.5, 0.6) is 17.2 Å². The van der Waals surface area contributed by atoms with Gasteiger partial charge in [-0.05, 0) is 132 Å². The summed E-state index contributed by atoms with van der Waals surface area (Å²) in [5, 5.41) is 6.22. The minimum Gasteiger partial charge on any atom is -0.494 e. The Bertz CT molecular complexity index is 2560. The first-order chi connectivity index (χ1) is 30.6. The van der Waals surface area contributed by atoms with Crippen LogP contribution in [-0.2, 0) is 5.41 Å². The Morgan fingerprint density at radius 3 is 1.85 bits per heavy atom. The summed E-state index contributed by atoms with van der Waals surface area (Å²) in [6, 6.07) is 34.0. The van der Waals surface area contributed by atoms with Gasteiger partial charge in [0, 0.05) is 33.1 Å². The van der Waals surface area contributed by atoms with Crippen molar-refractivity contribution < 1.29 is 14.2 Å². The normalized spacial score (nSPS) is 17.3. The van der Waals surface area contributed by atoms with Crippen molar-refractivity contribution in [2.75, 3.05) is 19.8 Å². The maximum Gasteiger partial charge on any atom is 0.119 e. The number of nitrogens with zero attached hydrogens (tertiary/aromatic N) is 2. The number of fused-ring (bicyclic) bond motifs is 6. The van der Waals surface area contributed by atoms with Crippen molar-refractivity contribution in [3.05, 3.63) is 189 Å². The molecule has 0 saturated carbocycles. The summed E-state index contributed by atoms with van der Waals surface area (Å²) in [7, 11) is 0. The highest BCUT2D eigenvalue weighted by atomic mass is 32.1. The fourth-order valence-corrected chi connectivity index (χ4v) is 9.37. The SMILES string of the molecule is CCCCOc1ccc(C2=C3C=CC(N3)C(c3ccc(OCCCC)cc3)(c3ccc(OCCCC)cc3)C3=NC(=C(c4cccs4)c4ccc([nH]4)C=C4C=CC2=N4)C=C3)cc1. The summed E-state index contributed by atoms with van der Waals surface area (Å²) < 4.78 is 18.6. The van der Waals surface area contributed by atoms with Crippen molar-refractivity contribution in [3.63, 3.8) is 0 Å². The van der Waals surface area contributed by atoms with Gasteiger partial charge in [-0.3, -0.25) is 4.99 Å². The van der Waals surface area contributed by atoms with Crippen molar-refractivity contribution >= 4 is 40.0 Å². The molecule has 1 unspecified atom stereocenters. The average Bonchev–Trinajstić information content (AvgIpc) is 4.17. The molecule has 62 heavy (non-hydrogen) atoms. The van der Waals surface area contributed by atoms with Crippen LogP contribution in [0.4, 0.5) is 0 Å². The zero-order valence-electron chi connectivity index (χ0n) is 35.8. The van der Waals surface area contributed by atoms with Crippen molar-refractivity contribution in [2.45, 2.75) is 70.8 Å². The molecule has 5 aromatic rings. The molecule has 6 heterocycles. The first kappa shape index (κ1) is 41.0. The van der Waals surface area contributed by atoms with Gasteiger partial charge in [0.25, 0.3) is 0 Å². The van der Waals surface area contributed by atoms with Crippen LogP contribution in [0.2, 0.25) is 0 Å². The smallest absolute Gasteiger partial charge is 0.119 e. The number of hydrogen-bond donors (Lipinski definition) is 2. The second-order valence-corrected chi connectivity index (χ2v) is 17.0. The quantitative estimate of drug-likeness (QED) is 0.0970. The maximum absolute atomic E-state index is 6.23. The molecule has 2 aromatic heterocycles. The van der Waals surface area contributed by atoms with Gasteiger partial charge in [-0.25, -0.2) is 4.99 Å². The highest BCUT2D eigenvalue weighted by Crippen LogP contribution is 2.45. The number of hydrogen-bond acceptors (Lipinski definition) is 7. The van der Waals surface area contributed by atoms with Crippen LogP contribution < -0.4 is 19.5 Å². The molecule has 314 valence electrons. The number of thiophene rings is 1. The van der Waals surface area contributed by atoms with Crippen molar-refractivity contribution in [1.82, 2.24) is 10.3 Å². The van der Waals surface area contributed by atoms with E-state index < -0.39 is 5.41 Å². The summed E-state index contributed by atoms with van der Waals surface area (Å²) in [5.74, 6) is 2.57. The molecule has 0 radical (unpaired) electrons. The Hall–Kier alpha value is -6.38. The predicted molar refractivity (Wildman–Crippen MR) is 257 cm³/mol. The molecule has 3 aromatic carbocycles. The number of benzene rings is 3. The monoisotopic (exact) mass is 838 g/mol. The number of aromatic amines is 1. The molecule has 8 heteroatoms. The predicted octanol–water partition coefficient (Wildman–Crippen LogP) is 12.7. The Morgan fingerprint density at radius 2 is 1.26 bits per heavy atom. The zero-order valence-corrected chi connectivity index (χ0v) is 36.6. The van der Waals surface area contributed by atoms with Gasteiger partial charge in [-0.15, -0.1) is 11.3 Å². The van der Waals surface area contributed by atoms with E-state index in [1.165, 1.54) is 0 Å². The molecule has 8 bridgehead atoms. The van der Waals surface area contributed by atoms with Gasteiger partial charge in [0.05, 0.1) is 54.1 Å². The largest absolute Gasteiger partial charge is 0.494 e. The number of ether oxygens (including phenoxy) is 3. The Labute approximate surface area is 369 Å². The number of nitrogens with one attached hydrogen (secondary N) is 2. The summed E-state index contributed by atoms with van der Waals surface area (Å²) in [6.07, 6.45) is 21.5. The third-order valence-electron chi connectivity index (χ3n) is 11.8. The molecule has 0 saturated heterocycles. The number of aromatic nitrogens is 1. The summed E-state index contributed by atoms with van der Waals surface area (Å²) in [5.41, 5.74) is 11.0. The molecule has 0 amide bonds. The van der Waals surface area contributed by atoms with Crippen molar-refractivity contribution in [2.24, 2.45) is 9.98 Å². The van der Waals surface area contributed by atoms with Crippen molar-refractivity contribution in [3.8, 4) is 17.2 Å². The molecular formula is C54H54N4O3S. The summed E-state index contributed by atoms with van der Waals surface area (Å²) in [6.45, 7) is 8.61. The third-order valence-corrected chi connectivity index (χ3v) is 12.7. The molecule has 2 N–H and O–H groups in total. The highest BCUT2D eigenvalue weighted by molar-refractivity contribution is 7.11. The van der Waals surface area contributed by atoms with E-state index >= 15 is 0 Å². The fourth-order valence-electron chi connectivity index (χ4n) is 8.57. The van der Waals surface area contributed by atoms with Crippen LogP contribution in [0.3, 0.4) is 0 Å². The van der Waals surface area contributed by atoms with E-state index in [-0.39, 0.29) is 6.04 Å². The molecule has 7 nitrogen and oxygen atoms in total. The van der Waals surface area contributed by atoms with Gasteiger partial charge in [0.15, 0.2) is 0 Å². The lowest BCUT2D eigenvalue weighted by atomic mass is 9.66. The van der Waals surface area contributed by atoms with Gasteiger partial charge < -0.3 is 24.5 Å². The Kier molecular flexibility index (Phi) is 12.4.